The largest absolute Gasteiger partial charge is 0.478 e. The van der Waals surface area contributed by atoms with Crippen LogP contribution in [0.1, 0.15) is 91.0 Å². The molecule has 226 valence electrons. The summed E-state index contributed by atoms with van der Waals surface area (Å²) in [4.78, 5) is 38.2. The van der Waals surface area contributed by atoms with Crippen LogP contribution >= 0.6 is 0 Å². The number of nitrogens with one attached hydrogen (secondary N) is 2. The molecule has 3 aromatic heterocycles. The molecule has 2 saturated carbocycles. The molecule has 0 saturated heterocycles. The molecule has 3 aromatic carbocycles. The van der Waals surface area contributed by atoms with Gasteiger partial charge in [0.25, 0.3) is 5.91 Å². The average molecular weight is 598 g/mol. The third-order valence-electron chi connectivity index (χ3n) is 9.98. The van der Waals surface area contributed by atoms with Gasteiger partial charge in [-0.2, -0.15) is 0 Å². The zero-order valence-electron chi connectivity index (χ0n) is 25.1. The summed E-state index contributed by atoms with van der Waals surface area (Å²) in [5.74, 6) is 0.125. The molecule has 0 unspecified atom stereocenters. The van der Waals surface area contributed by atoms with Crippen molar-refractivity contribution in [3.63, 3.8) is 0 Å². The van der Waals surface area contributed by atoms with E-state index in [1.807, 2.05) is 42.7 Å². The van der Waals surface area contributed by atoms with E-state index in [1.54, 1.807) is 6.08 Å². The normalized spacial score (nSPS) is 17.2. The fourth-order valence-corrected chi connectivity index (χ4v) is 7.80. The Morgan fingerprint density at radius 2 is 1.76 bits per heavy atom. The Morgan fingerprint density at radius 3 is 2.58 bits per heavy atom. The molecule has 0 aliphatic heterocycles. The van der Waals surface area contributed by atoms with Gasteiger partial charge in [-0.25, -0.2) is 14.8 Å². The first-order valence-electron chi connectivity index (χ1n) is 16.0. The lowest BCUT2D eigenvalue weighted by Gasteiger charge is -2.28. The quantitative estimate of drug-likeness (QED) is 0.169. The number of nitrogens with zero attached hydrogens (tertiary/aromatic N) is 3. The van der Waals surface area contributed by atoms with Gasteiger partial charge in [0.2, 0.25) is 0 Å². The van der Waals surface area contributed by atoms with Crippen LogP contribution in [-0.4, -0.2) is 36.3 Å². The number of H-pyrrole nitrogens is 1. The number of fused-ring (bicyclic) bond motifs is 6. The Balaban J connectivity index is 1.18. The van der Waals surface area contributed by atoms with Crippen LogP contribution in [0.15, 0.2) is 73.1 Å². The van der Waals surface area contributed by atoms with Crippen molar-refractivity contribution in [2.75, 3.05) is 0 Å². The van der Waals surface area contributed by atoms with Gasteiger partial charge in [0.15, 0.2) is 0 Å². The molecule has 0 bridgehead atoms. The molecular formula is C37H35N5O3. The van der Waals surface area contributed by atoms with Gasteiger partial charge in [-0.15, -0.1) is 0 Å². The number of aliphatic carboxylic acids is 1. The van der Waals surface area contributed by atoms with E-state index >= 15 is 0 Å². The highest BCUT2D eigenvalue weighted by Crippen LogP contribution is 2.43. The monoisotopic (exact) mass is 597 g/mol. The zero-order valence-corrected chi connectivity index (χ0v) is 25.1. The van der Waals surface area contributed by atoms with Crippen molar-refractivity contribution in [3.05, 3.63) is 95.6 Å². The minimum Gasteiger partial charge on any atom is -0.478 e. The predicted molar refractivity (Wildman–Crippen MR) is 176 cm³/mol. The summed E-state index contributed by atoms with van der Waals surface area (Å²) in [6.45, 7) is 0. The third kappa shape index (κ3) is 4.76. The van der Waals surface area contributed by atoms with Gasteiger partial charge in [0.1, 0.15) is 12.2 Å². The molecule has 2 fully saturated rings. The van der Waals surface area contributed by atoms with Gasteiger partial charge in [0, 0.05) is 22.4 Å². The van der Waals surface area contributed by atoms with Crippen molar-refractivity contribution in [2.24, 2.45) is 0 Å². The topological polar surface area (TPSA) is 112 Å². The number of para-hydroxylation sites is 1. The molecule has 0 atom stereocenters. The number of carboxylic acids is 1. The fourth-order valence-electron chi connectivity index (χ4n) is 7.80. The summed E-state index contributed by atoms with van der Waals surface area (Å²) in [5, 5.41) is 14.8. The third-order valence-corrected chi connectivity index (χ3v) is 9.98. The molecule has 1 amide bonds. The van der Waals surface area contributed by atoms with E-state index in [-0.39, 0.29) is 5.91 Å². The van der Waals surface area contributed by atoms with E-state index in [4.69, 9.17) is 15.1 Å². The first-order valence-corrected chi connectivity index (χ1v) is 16.0. The number of carboxylic acid groups (broad SMARTS) is 1. The summed E-state index contributed by atoms with van der Waals surface area (Å²) in [7, 11) is 0. The second kappa shape index (κ2) is 10.9. The van der Waals surface area contributed by atoms with Gasteiger partial charge in [-0.05, 0) is 79.1 Å². The summed E-state index contributed by atoms with van der Waals surface area (Å²) >= 11 is 0. The predicted octanol–water partition coefficient (Wildman–Crippen LogP) is 7.86. The number of hydrogen-bond acceptors (Lipinski definition) is 4. The van der Waals surface area contributed by atoms with Crippen molar-refractivity contribution in [1.82, 2.24) is 24.7 Å². The average Bonchev–Trinajstić information content (AvgIpc) is 3.80. The number of imidazole rings is 1. The van der Waals surface area contributed by atoms with Crippen LogP contribution < -0.4 is 5.32 Å². The number of aromatic nitrogens is 4. The maximum absolute atomic E-state index is 14.1. The van der Waals surface area contributed by atoms with Gasteiger partial charge >= 0.3 is 5.97 Å². The van der Waals surface area contributed by atoms with Crippen LogP contribution in [-0.2, 0) is 10.3 Å². The SMILES string of the molecule is O=C(O)C=Cc1ccc2nc(C3(NC(=O)c4ccc5c(C6CCCCC6)c6c7ccccc7ncn6c5c4)CCCC3)[nH]c2c1. The number of benzene rings is 3. The van der Waals surface area contributed by atoms with Crippen molar-refractivity contribution in [2.45, 2.75) is 69.2 Å². The standard InChI is InChI=1S/C37H35N5O3/c43-32(44)17-13-23-12-16-29-30(20-23)40-36(39-29)37(18-6-7-19-37)41-35(45)25-14-15-27-31(21-25)42-22-38-28-11-5-4-10-26(28)34(42)33(27)24-8-2-1-3-9-24/h4-5,10-17,20-22,24H,1-3,6-9,18-19H2,(H,39,40)(H,41,45)(H,43,44). The number of hydrogen-bond donors (Lipinski definition) is 3. The maximum Gasteiger partial charge on any atom is 0.328 e. The molecule has 8 heteroatoms. The Hall–Kier alpha value is -4.98. The number of rotatable bonds is 6. The summed E-state index contributed by atoms with van der Waals surface area (Å²) < 4.78 is 2.19. The van der Waals surface area contributed by atoms with Crippen LogP contribution in [0.5, 0.6) is 0 Å². The van der Waals surface area contributed by atoms with Gasteiger partial charge in [0.05, 0.1) is 33.1 Å². The lowest BCUT2D eigenvalue weighted by Crippen LogP contribution is -2.44. The van der Waals surface area contributed by atoms with Crippen LogP contribution in [0.3, 0.4) is 0 Å². The first kappa shape index (κ1) is 27.6. The van der Waals surface area contributed by atoms with Gasteiger partial charge < -0.3 is 15.4 Å². The number of amides is 1. The van der Waals surface area contributed by atoms with Crippen LogP contribution in [0, 0.1) is 0 Å². The summed E-state index contributed by atoms with van der Waals surface area (Å²) in [5.41, 5.74) is 7.00. The highest BCUT2D eigenvalue weighted by molar-refractivity contribution is 6.07. The Labute approximate surface area is 260 Å². The second-order valence-electron chi connectivity index (χ2n) is 12.7. The Kier molecular flexibility index (Phi) is 6.66. The molecular weight excluding hydrogens is 562 g/mol. The van der Waals surface area contributed by atoms with Crippen LogP contribution in [0.4, 0.5) is 0 Å². The van der Waals surface area contributed by atoms with E-state index < -0.39 is 11.5 Å². The molecule has 3 heterocycles. The van der Waals surface area contributed by atoms with Crippen molar-refractivity contribution >= 4 is 56.3 Å². The molecule has 0 radical (unpaired) electrons. The highest BCUT2D eigenvalue weighted by atomic mass is 16.4. The molecule has 3 N–H and O–H groups in total. The fraction of sp³-hybridized carbons (Fsp3) is 0.297. The smallest absolute Gasteiger partial charge is 0.328 e. The van der Waals surface area contributed by atoms with Gasteiger partial charge in [-0.1, -0.05) is 62.4 Å². The number of carbonyl (C=O) groups excluding carboxylic acids is 1. The maximum atomic E-state index is 14.1. The number of carbonyl (C=O) groups is 2. The molecule has 8 rings (SSSR count). The summed E-state index contributed by atoms with van der Waals surface area (Å²) in [6, 6.07) is 20.1. The van der Waals surface area contributed by atoms with E-state index in [0.29, 0.717) is 11.5 Å². The Bertz CT molecular complexity index is 2140. The number of aromatic amines is 1. The highest BCUT2D eigenvalue weighted by Gasteiger charge is 2.40. The first-order chi connectivity index (χ1) is 22.0. The van der Waals surface area contributed by atoms with Crippen LogP contribution in [0.25, 0.3) is 44.4 Å². The van der Waals surface area contributed by atoms with Crippen molar-refractivity contribution < 1.29 is 14.7 Å². The van der Waals surface area contributed by atoms with E-state index in [2.05, 4.69) is 39.0 Å². The molecule has 2 aliphatic carbocycles. The molecule has 6 aromatic rings. The molecule has 45 heavy (non-hydrogen) atoms. The van der Waals surface area contributed by atoms with Gasteiger partial charge in [-0.3, -0.25) is 9.20 Å². The van der Waals surface area contributed by atoms with Crippen molar-refractivity contribution in [3.8, 4) is 0 Å². The van der Waals surface area contributed by atoms with E-state index in [0.717, 1.165) is 70.6 Å². The Morgan fingerprint density at radius 1 is 0.933 bits per heavy atom. The minimum atomic E-state index is -0.992. The zero-order chi connectivity index (χ0) is 30.5. The molecule has 2 aliphatic rings. The lowest BCUT2D eigenvalue weighted by atomic mass is 9.82. The summed E-state index contributed by atoms with van der Waals surface area (Å²) in [6.07, 6.45) is 14.3. The molecule has 8 nitrogen and oxygen atoms in total. The lowest BCUT2D eigenvalue weighted by molar-refractivity contribution is -0.131. The minimum absolute atomic E-state index is 0.118. The van der Waals surface area contributed by atoms with Crippen LogP contribution in [0.2, 0.25) is 0 Å². The second-order valence-corrected chi connectivity index (χ2v) is 12.7. The molecule has 0 spiro atoms. The van der Waals surface area contributed by atoms with Crippen molar-refractivity contribution in [1.29, 1.82) is 0 Å². The van der Waals surface area contributed by atoms with E-state index in [1.165, 1.54) is 48.6 Å². The van der Waals surface area contributed by atoms with E-state index in [9.17, 15) is 9.59 Å².